The predicted octanol–water partition coefficient (Wildman–Crippen LogP) is 12.3. The van der Waals surface area contributed by atoms with Gasteiger partial charge in [-0.25, -0.2) is 0 Å². The van der Waals surface area contributed by atoms with Crippen LogP contribution >= 0.6 is 53.4 Å². The van der Waals surface area contributed by atoms with Gasteiger partial charge in [0, 0.05) is 20.7 Å². The number of hydrogen-bond donors (Lipinski definition) is 0. The molecular weight excluding hydrogens is 805 g/mol. The number of benzene rings is 6. The molecule has 9 rings (SSSR count). The van der Waals surface area contributed by atoms with Crippen LogP contribution in [0.25, 0.3) is 30.6 Å². The summed E-state index contributed by atoms with van der Waals surface area (Å²) in [4.78, 5) is 5.15. The van der Waals surface area contributed by atoms with Crippen molar-refractivity contribution in [2.75, 3.05) is 5.34 Å². The first-order valence-electron chi connectivity index (χ1n) is 19.7. The molecule has 0 amide bonds. The first-order chi connectivity index (χ1) is 28.1. The van der Waals surface area contributed by atoms with Gasteiger partial charge in [-0.05, 0) is 76.9 Å². The second-order valence-electron chi connectivity index (χ2n) is 15.4. The van der Waals surface area contributed by atoms with Crippen molar-refractivity contribution >= 4 is 92.0 Å². The van der Waals surface area contributed by atoms with Crippen molar-refractivity contribution in [1.82, 2.24) is 0 Å². The molecule has 0 atom stereocenters. The summed E-state index contributed by atoms with van der Waals surface area (Å²) >= 11 is 13.4. The molecule has 0 bridgehead atoms. The third kappa shape index (κ3) is 7.03. The highest BCUT2D eigenvalue weighted by Gasteiger charge is 2.57. The molecule has 2 aromatic heterocycles. The molecule has 0 radical (unpaired) electrons. The molecular formula is C51H46BCl2OPS2. The minimum atomic E-state index is -2.88. The highest BCUT2D eigenvalue weighted by Crippen LogP contribution is 2.64. The summed E-state index contributed by atoms with van der Waals surface area (Å²) in [5, 5.41) is 3.95. The van der Waals surface area contributed by atoms with Crippen LogP contribution in [0.15, 0.2) is 158 Å². The number of fused-ring (bicyclic) bond motifs is 3. The lowest BCUT2D eigenvalue weighted by atomic mass is 9.26. The van der Waals surface area contributed by atoms with Crippen molar-refractivity contribution in [2.45, 2.75) is 41.5 Å². The molecule has 0 saturated carbocycles. The van der Waals surface area contributed by atoms with Gasteiger partial charge >= 0.3 is 0 Å². The van der Waals surface area contributed by atoms with E-state index in [9.17, 15) is 0 Å². The smallest absolute Gasteiger partial charge is 0.249 e. The summed E-state index contributed by atoms with van der Waals surface area (Å²) in [6.07, 6.45) is -2.08. The Bertz CT molecular complexity index is 2570. The Balaban J connectivity index is 0.00000152. The summed E-state index contributed by atoms with van der Waals surface area (Å²) in [6, 6.07) is 58.7. The molecule has 1 nitrogen and oxygen atoms in total. The molecule has 6 aromatic carbocycles. The maximum atomic E-state index is 8.87. The zero-order valence-corrected chi connectivity index (χ0v) is 37.8. The van der Waals surface area contributed by atoms with Crippen LogP contribution in [0.4, 0.5) is 0 Å². The van der Waals surface area contributed by atoms with E-state index in [2.05, 4.69) is 199 Å². The van der Waals surface area contributed by atoms with Crippen LogP contribution < -0.4 is 32.3 Å². The molecule has 0 N–H and O–H groups in total. The Labute approximate surface area is 362 Å². The van der Waals surface area contributed by atoms with Crippen LogP contribution in [-0.4, -0.2) is 11.7 Å². The van der Waals surface area contributed by atoms with Gasteiger partial charge in [0.05, 0.1) is 10.2 Å². The van der Waals surface area contributed by atoms with Gasteiger partial charge in [0.25, 0.3) is 0 Å². The molecule has 290 valence electrons. The van der Waals surface area contributed by atoms with Gasteiger partial charge in [0.1, 0.15) is 15.9 Å². The van der Waals surface area contributed by atoms with Gasteiger partial charge in [-0.2, -0.15) is 10.9 Å². The average molecular weight is 852 g/mol. The lowest BCUT2D eigenvalue weighted by Gasteiger charge is -2.48. The minimum absolute atomic E-state index is 0.194. The van der Waals surface area contributed by atoms with E-state index in [1.807, 2.05) is 22.7 Å². The van der Waals surface area contributed by atoms with Crippen LogP contribution in [0.5, 0.6) is 0 Å². The quantitative estimate of drug-likeness (QED) is 0.0920. The van der Waals surface area contributed by atoms with Crippen molar-refractivity contribution in [1.29, 1.82) is 0 Å². The minimum Gasteiger partial charge on any atom is -0.413 e. The fourth-order valence-electron chi connectivity index (χ4n) is 9.55. The molecule has 0 spiro atoms. The molecule has 0 saturated heterocycles. The topological polar surface area (TPSA) is 9.23 Å². The van der Waals surface area contributed by atoms with Gasteiger partial charge in [-0.15, -0.1) is 51.3 Å². The largest absolute Gasteiger partial charge is 0.413 e. The Hall–Kier alpha value is -4.25. The highest BCUT2D eigenvalue weighted by atomic mass is 35.5. The van der Waals surface area contributed by atoms with Crippen molar-refractivity contribution in [2.24, 2.45) is 0 Å². The number of rotatable bonds is 6. The molecule has 0 unspecified atom stereocenters. The SMILES string of the molecule is Cc1cc(C)c([B-]2(c3c(C)cc(C)cc3C)O[P+](c3ccccc3)(c3ccccc3)c3cc(-c4ccccc4)sc3-c3sc(-c4ccccc4)cc32)c(C)c1.ClCCl. The first kappa shape index (κ1) is 40.5. The normalized spacial score (nSPS) is 13.8. The Morgan fingerprint density at radius 3 is 1.26 bits per heavy atom. The average Bonchev–Trinajstić information content (AvgIpc) is 3.85. The molecule has 1 aliphatic rings. The van der Waals surface area contributed by atoms with Crippen molar-refractivity contribution in [3.05, 3.63) is 191 Å². The summed E-state index contributed by atoms with van der Waals surface area (Å²) in [5.41, 5.74) is 14.0. The summed E-state index contributed by atoms with van der Waals surface area (Å²) in [5.74, 6) is 0. The molecule has 0 fully saturated rings. The van der Waals surface area contributed by atoms with E-state index in [0.29, 0.717) is 0 Å². The molecule has 3 heterocycles. The zero-order chi connectivity index (χ0) is 40.6. The number of halogens is 2. The predicted molar refractivity (Wildman–Crippen MR) is 261 cm³/mol. The van der Waals surface area contributed by atoms with E-state index >= 15 is 0 Å². The summed E-state index contributed by atoms with van der Waals surface area (Å²) in [7, 11) is -2.88. The van der Waals surface area contributed by atoms with E-state index in [0.717, 1.165) is 0 Å². The second kappa shape index (κ2) is 16.8. The summed E-state index contributed by atoms with van der Waals surface area (Å²) < 4.78 is 8.87. The van der Waals surface area contributed by atoms with Gasteiger partial charge in [-0.1, -0.05) is 161 Å². The Morgan fingerprint density at radius 1 is 0.483 bits per heavy atom. The van der Waals surface area contributed by atoms with Gasteiger partial charge < -0.3 is 4.44 Å². The molecule has 8 aromatic rings. The second-order valence-corrected chi connectivity index (χ2v) is 21.2. The van der Waals surface area contributed by atoms with Crippen LogP contribution in [0.1, 0.15) is 33.4 Å². The monoisotopic (exact) mass is 850 g/mol. The van der Waals surface area contributed by atoms with Gasteiger partial charge in [0.15, 0.2) is 7.49 Å². The van der Waals surface area contributed by atoms with Crippen molar-refractivity contribution in [3.63, 3.8) is 0 Å². The first-order valence-corrected chi connectivity index (χ1v) is 24.1. The fourth-order valence-corrected chi connectivity index (χ4v) is 16.6. The fraction of sp³-hybridized carbons (Fsp3) is 0.137. The van der Waals surface area contributed by atoms with E-state index in [4.69, 9.17) is 27.6 Å². The van der Waals surface area contributed by atoms with E-state index in [1.165, 1.54) is 96.3 Å². The number of alkyl halides is 2. The summed E-state index contributed by atoms with van der Waals surface area (Å²) in [6.45, 7) is 13.7. The van der Waals surface area contributed by atoms with Crippen molar-refractivity contribution < 1.29 is 4.44 Å². The Kier molecular flexibility index (Phi) is 11.7. The number of thiophene rings is 2. The highest BCUT2D eigenvalue weighted by molar-refractivity contribution is 7.93. The maximum Gasteiger partial charge on any atom is 0.249 e. The molecule has 58 heavy (non-hydrogen) atoms. The van der Waals surface area contributed by atoms with Crippen LogP contribution in [-0.2, 0) is 4.44 Å². The number of hydrogen-bond acceptors (Lipinski definition) is 3. The van der Waals surface area contributed by atoms with Crippen LogP contribution in [0.3, 0.4) is 0 Å². The van der Waals surface area contributed by atoms with Gasteiger partial charge in [-0.3, -0.25) is 0 Å². The Morgan fingerprint density at radius 2 is 0.845 bits per heavy atom. The molecule has 7 heteroatoms. The van der Waals surface area contributed by atoms with Crippen LogP contribution in [0.2, 0.25) is 0 Å². The van der Waals surface area contributed by atoms with E-state index in [-0.39, 0.29) is 5.34 Å². The van der Waals surface area contributed by atoms with Crippen LogP contribution in [0, 0.1) is 41.5 Å². The maximum absolute atomic E-state index is 8.87. The lowest BCUT2D eigenvalue weighted by molar-refractivity contribution is 0.647. The van der Waals surface area contributed by atoms with Crippen molar-refractivity contribution in [3.8, 4) is 30.6 Å². The van der Waals surface area contributed by atoms with E-state index in [1.54, 1.807) is 0 Å². The lowest BCUT2D eigenvalue weighted by Crippen LogP contribution is -2.72. The third-order valence-corrected chi connectivity index (χ3v) is 17.8. The van der Waals surface area contributed by atoms with E-state index < -0.39 is 13.8 Å². The standard InChI is InChI=1S/C50H44BOPS2.CH2Cl2/c1-33-27-35(3)47(36(4)28-33)51(48-37(5)29-34(2)30-38(48)6)43-31-45(39-19-11-7-12-20-39)54-49(43)50-44(32-46(55-50)40-21-13-8-14-22-40)53(52-51,41-23-15-9-16-24-41)42-25-17-10-18-26-42;2-1-3/h7-32H,1-6H3;1H2. The molecule has 1 aliphatic heterocycles. The molecule has 0 aliphatic carbocycles. The third-order valence-electron chi connectivity index (χ3n) is 11.4. The van der Waals surface area contributed by atoms with Gasteiger partial charge in [0.2, 0.25) is 6.35 Å². The zero-order valence-electron chi connectivity index (χ0n) is 33.7. The number of aryl methyl sites for hydroxylation is 6.